The first-order chi connectivity index (χ1) is 11.6. The number of hydrogen-bond donors (Lipinski definition) is 0. The normalized spacial score (nSPS) is 23.8. The van der Waals surface area contributed by atoms with E-state index in [1.54, 1.807) is 6.20 Å². The molecule has 1 atom stereocenters. The van der Waals surface area contributed by atoms with Crippen molar-refractivity contribution < 1.29 is 9.47 Å². The Morgan fingerprint density at radius 2 is 2.25 bits per heavy atom. The van der Waals surface area contributed by atoms with Crippen molar-refractivity contribution >= 4 is 28.2 Å². The van der Waals surface area contributed by atoms with Crippen LogP contribution in [-0.4, -0.2) is 43.5 Å². The van der Waals surface area contributed by atoms with Crippen LogP contribution < -0.4 is 4.90 Å². The summed E-state index contributed by atoms with van der Waals surface area (Å²) in [6.45, 7) is 5.40. The maximum absolute atomic E-state index is 9.60. The second-order valence-corrected chi connectivity index (χ2v) is 6.94. The topological polar surface area (TPSA) is 58.4 Å². The first-order valence-electron chi connectivity index (χ1n) is 8.07. The van der Waals surface area contributed by atoms with E-state index < -0.39 is 0 Å². The number of fused-ring (bicyclic) bond motifs is 1. The van der Waals surface area contributed by atoms with Crippen molar-refractivity contribution in [3.8, 4) is 6.07 Å². The van der Waals surface area contributed by atoms with E-state index in [2.05, 4.69) is 22.0 Å². The van der Waals surface area contributed by atoms with Crippen molar-refractivity contribution in [1.82, 2.24) is 4.98 Å². The number of anilines is 1. The molecule has 5 nitrogen and oxygen atoms in total. The zero-order valence-corrected chi connectivity index (χ0v) is 14.3. The van der Waals surface area contributed by atoms with Crippen LogP contribution in [-0.2, 0) is 9.47 Å². The van der Waals surface area contributed by atoms with E-state index >= 15 is 0 Å². The van der Waals surface area contributed by atoms with Gasteiger partial charge in [-0.05, 0) is 24.6 Å². The van der Waals surface area contributed by atoms with Gasteiger partial charge < -0.3 is 14.4 Å². The lowest BCUT2D eigenvalue weighted by Gasteiger charge is -2.41. The molecule has 24 heavy (non-hydrogen) atoms. The van der Waals surface area contributed by atoms with E-state index in [0.717, 1.165) is 41.7 Å². The summed E-state index contributed by atoms with van der Waals surface area (Å²) < 4.78 is 11.6. The molecule has 1 aromatic heterocycles. The molecule has 2 aromatic rings. The maximum atomic E-state index is 9.60. The van der Waals surface area contributed by atoms with Crippen molar-refractivity contribution in [2.75, 3.05) is 37.8 Å². The van der Waals surface area contributed by atoms with Gasteiger partial charge in [-0.1, -0.05) is 11.6 Å². The minimum absolute atomic E-state index is 0.270. The Balaban J connectivity index is 1.87. The highest BCUT2D eigenvalue weighted by Gasteiger charge is 2.41. The van der Waals surface area contributed by atoms with Crippen LogP contribution in [0, 0.1) is 18.3 Å². The largest absolute Gasteiger partial charge is 0.378 e. The number of nitrogens with zero attached hydrogens (tertiary/aromatic N) is 3. The number of hydrogen-bond acceptors (Lipinski definition) is 5. The molecule has 0 saturated carbocycles. The molecule has 1 aromatic carbocycles. The molecule has 2 aliphatic heterocycles. The number of morpholine rings is 1. The molecule has 4 rings (SSSR count). The quantitative estimate of drug-likeness (QED) is 0.796. The third-order valence-corrected chi connectivity index (χ3v) is 5.08. The highest BCUT2D eigenvalue weighted by atomic mass is 35.5. The molecule has 124 valence electrons. The van der Waals surface area contributed by atoms with E-state index in [4.69, 9.17) is 21.1 Å². The van der Waals surface area contributed by atoms with E-state index in [1.807, 2.05) is 13.0 Å². The number of rotatable bonds is 1. The van der Waals surface area contributed by atoms with Gasteiger partial charge in [0.05, 0.1) is 35.0 Å². The Bertz CT molecular complexity index is 840. The second-order valence-electron chi connectivity index (χ2n) is 6.53. The second kappa shape index (κ2) is 5.89. The molecule has 0 bridgehead atoms. The van der Waals surface area contributed by atoms with Gasteiger partial charge in [0, 0.05) is 37.7 Å². The fourth-order valence-corrected chi connectivity index (χ4v) is 3.99. The summed E-state index contributed by atoms with van der Waals surface area (Å²) in [5.41, 5.74) is 2.99. The SMILES string of the molecule is Cc1cc(Cl)c2ncc(C#N)c(N3CCO[C@@]4(CCOC4)C3)c2c1. The van der Waals surface area contributed by atoms with Crippen LogP contribution in [0.2, 0.25) is 5.02 Å². The van der Waals surface area contributed by atoms with Gasteiger partial charge in [-0.15, -0.1) is 0 Å². The van der Waals surface area contributed by atoms with Gasteiger partial charge in [0.25, 0.3) is 0 Å². The lowest BCUT2D eigenvalue weighted by molar-refractivity contribution is -0.0578. The molecule has 2 aliphatic rings. The van der Waals surface area contributed by atoms with Crippen LogP contribution in [0.15, 0.2) is 18.3 Å². The number of halogens is 1. The molecular formula is C18H18ClN3O2. The van der Waals surface area contributed by atoms with Crippen molar-refractivity contribution in [2.45, 2.75) is 18.9 Å². The van der Waals surface area contributed by atoms with Crippen LogP contribution >= 0.6 is 11.6 Å². The number of pyridine rings is 1. The molecule has 3 heterocycles. The van der Waals surface area contributed by atoms with E-state index in [9.17, 15) is 5.26 Å². The Hall–Kier alpha value is -1.87. The lowest BCUT2D eigenvalue weighted by atomic mass is 9.98. The van der Waals surface area contributed by atoms with Crippen molar-refractivity contribution in [1.29, 1.82) is 5.26 Å². The Labute approximate surface area is 145 Å². The molecule has 1 spiro atoms. The fraction of sp³-hybridized carbons (Fsp3) is 0.444. The summed E-state index contributed by atoms with van der Waals surface area (Å²) in [7, 11) is 0. The smallest absolute Gasteiger partial charge is 0.111 e. The summed E-state index contributed by atoms with van der Waals surface area (Å²) in [5.74, 6) is 0. The number of aromatic nitrogens is 1. The summed E-state index contributed by atoms with van der Waals surface area (Å²) >= 11 is 6.38. The van der Waals surface area contributed by atoms with Crippen LogP contribution in [0.3, 0.4) is 0 Å². The summed E-state index contributed by atoms with van der Waals surface area (Å²) in [6.07, 6.45) is 2.50. The molecule has 0 amide bonds. The number of ether oxygens (including phenoxy) is 2. The van der Waals surface area contributed by atoms with Gasteiger partial charge in [-0.25, -0.2) is 0 Å². The molecule has 6 heteroatoms. The Kier molecular flexibility index (Phi) is 3.84. The summed E-state index contributed by atoms with van der Waals surface area (Å²) in [5, 5.41) is 11.1. The van der Waals surface area contributed by atoms with Crippen LogP contribution in [0.4, 0.5) is 5.69 Å². The fourth-order valence-electron chi connectivity index (χ4n) is 3.67. The van der Waals surface area contributed by atoms with E-state index in [0.29, 0.717) is 30.3 Å². The monoisotopic (exact) mass is 343 g/mol. The summed E-state index contributed by atoms with van der Waals surface area (Å²) in [4.78, 5) is 6.63. The van der Waals surface area contributed by atoms with Gasteiger partial charge in [0.1, 0.15) is 11.7 Å². The van der Waals surface area contributed by atoms with Crippen molar-refractivity contribution in [2.24, 2.45) is 0 Å². The molecule has 0 aliphatic carbocycles. The predicted octanol–water partition coefficient (Wildman–Crippen LogP) is 3.06. The van der Waals surface area contributed by atoms with E-state index in [1.165, 1.54) is 0 Å². The zero-order valence-electron chi connectivity index (χ0n) is 13.5. The van der Waals surface area contributed by atoms with Gasteiger partial charge in [0.2, 0.25) is 0 Å². The number of benzene rings is 1. The summed E-state index contributed by atoms with van der Waals surface area (Å²) in [6, 6.07) is 6.24. The van der Waals surface area contributed by atoms with Crippen molar-refractivity contribution in [3.63, 3.8) is 0 Å². The molecule has 0 radical (unpaired) electrons. The van der Waals surface area contributed by atoms with Crippen LogP contribution in [0.5, 0.6) is 0 Å². The lowest BCUT2D eigenvalue weighted by Crippen LogP contribution is -2.52. The van der Waals surface area contributed by atoms with Gasteiger partial charge >= 0.3 is 0 Å². The van der Waals surface area contributed by atoms with Gasteiger partial charge in [0.15, 0.2) is 0 Å². The standard InChI is InChI=1S/C18H18ClN3O2/c1-12-6-14-16(15(19)7-12)21-9-13(8-20)17(14)22-3-5-24-18(10-22)2-4-23-11-18/h6-7,9H,2-5,10-11H2,1H3/t18-/m0/s1. The highest BCUT2D eigenvalue weighted by Crippen LogP contribution is 2.37. The molecule has 2 fully saturated rings. The molecule has 2 saturated heterocycles. The average molecular weight is 344 g/mol. The average Bonchev–Trinajstić information content (AvgIpc) is 3.01. The molecular weight excluding hydrogens is 326 g/mol. The predicted molar refractivity (Wildman–Crippen MR) is 92.5 cm³/mol. The number of nitriles is 1. The minimum Gasteiger partial charge on any atom is -0.378 e. The van der Waals surface area contributed by atoms with Crippen LogP contribution in [0.1, 0.15) is 17.5 Å². The number of aryl methyl sites for hydroxylation is 1. The Morgan fingerprint density at radius 1 is 1.38 bits per heavy atom. The van der Waals surface area contributed by atoms with Crippen LogP contribution in [0.25, 0.3) is 10.9 Å². The van der Waals surface area contributed by atoms with Crippen molar-refractivity contribution in [3.05, 3.63) is 34.5 Å². The molecule has 0 N–H and O–H groups in total. The zero-order chi connectivity index (χ0) is 16.7. The first kappa shape index (κ1) is 15.6. The molecule has 0 unspecified atom stereocenters. The third kappa shape index (κ3) is 2.51. The van der Waals surface area contributed by atoms with E-state index in [-0.39, 0.29) is 5.60 Å². The van der Waals surface area contributed by atoms with Gasteiger partial charge in [-0.3, -0.25) is 4.98 Å². The maximum Gasteiger partial charge on any atom is 0.111 e. The highest BCUT2D eigenvalue weighted by molar-refractivity contribution is 6.35. The minimum atomic E-state index is -0.270. The first-order valence-corrected chi connectivity index (χ1v) is 8.45. The third-order valence-electron chi connectivity index (χ3n) is 4.79. The Morgan fingerprint density at radius 3 is 3.00 bits per heavy atom. The van der Waals surface area contributed by atoms with Gasteiger partial charge in [-0.2, -0.15) is 5.26 Å².